The third-order valence-electron chi connectivity index (χ3n) is 2.08. The zero-order chi connectivity index (χ0) is 12.1. The predicted molar refractivity (Wildman–Crippen MR) is 54.7 cm³/mol. The molecule has 0 saturated heterocycles. The van der Waals surface area contributed by atoms with E-state index in [1.54, 1.807) is 0 Å². The van der Waals surface area contributed by atoms with E-state index in [1.807, 2.05) is 0 Å². The molecule has 1 N–H and O–H groups in total. The fourth-order valence-electron chi connectivity index (χ4n) is 1.18. The maximum Gasteiger partial charge on any atom is 0.308 e. The van der Waals surface area contributed by atoms with Gasteiger partial charge in [0.15, 0.2) is 0 Å². The minimum Gasteiger partial charge on any atom is -0.469 e. The SMILES string of the molecule is COC(=O)CC(O)c1ccc([N+](=O)[O-])cc1. The minimum absolute atomic E-state index is 0.0611. The molecule has 0 aliphatic rings. The van der Waals surface area contributed by atoms with Gasteiger partial charge < -0.3 is 9.84 Å². The molecule has 1 aromatic rings. The molecule has 1 atom stereocenters. The lowest BCUT2D eigenvalue weighted by Gasteiger charge is -2.08. The summed E-state index contributed by atoms with van der Waals surface area (Å²) in [5, 5.41) is 20.0. The number of methoxy groups -OCH3 is 1. The predicted octanol–water partition coefficient (Wildman–Crippen LogP) is 1.19. The molecule has 1 unspecified atom stereocenters. The third kappa shape index (κ3) is 3.03. The summed E-state index contributed by atoms with van der Waals surface area (Å²) in [6, 6.07) is 5.36. The van der Waals surface area contributed by atoms with Crippen LogP contribution in [0.1, 0.15) is 18.1 Å². The van der Waals surface area contributed by atoms with Crippen LogP contribution < -0.4 is 0 Å². The molecule has 0 saturated carbocycles. The number of ether oxygens (including phenoxy) is 1. The van der Waals surface area contributed by atoms with Crippen LogP contribution in [-0.2, 0) is 9.53 Å². The van der Waals surface area contributed by atoms with Crippen molar-refractivity contribution in [2.75, 3.05) is 7.11 Å². The van der Waals surface area contributed by atoms with Crippen LogP contribution in [0.25, 0.3) is 0 Å². The summed E-state index contributed by atoms with van der Waals surface area (Å²) < 4.78 is 4.40. The summed E-state index contributed by atoms with van der Waals surface area (Å²) in [5.41, 5.74) is 0.380. The van der Waals surface area contributed by atoms with Gasteiger partial charge >= 0.3 is 5.97 Å². The van der Waals surface area contributed by atoms with Crippen LogP contribution in [0.2, 0.25) is 0 Å². The van der Waals surface area contributed by atoms with Crippen molar-refractivity contribution < 1.29 is 19.6 Å². The van der Waals surface area contributed by atoms with Crippen molar-refractivity contribution in [3.8, 4) is 0 Å². The summed E-state index contributed by atoms with van der Waals surface area (Å²) in [4.78, 5) is 20.7. The Labute approximate surface area is 91.6 Å². The van der Waals surface area contributed by atoms with Crippen LogP contribution in [0.15, 0.2) is 24.3 Å². The van der Waals surface area contributed by atoms with Gasteiger partial charge in [0.2, 0.25) is 0 Å². The fourth-order valence-corrected chi connectivity index (χ4v) is 1.18. The lowest BCUT2D eigenvalue weighted by atomic mass is 10.1. The van der Waals surface area contributed by atoms with Gasteiger partial charge in [0, 0.05) is 12.1 Å². The average molecular weight is 225 g/mol. The topological polar surface area (TPSA) is 89.7 Å². The highest BCUT2D eigenvalue weighted by Gasteiger charge is 2.14. The Bertz CT molecular complexity index is 387. The summed E-state index contributed by atoms with van der Waals surface area (Å²) in [7, 11) is 1.23. The van der Waals surface area contributed by atoms with Crippen molar-refractivity contribution >= 4 is 11.7 Å². The van der Waals surface area contributed by atoms with E-state index in [0.29, 0.717) is 5.56 Å². The molecule has 86 valence electrons. The molecule has 1 aromatic carbocycles. The Hall–Kier alpha value is -1.95. The standard InChI is InChI=1S/C10H11NO5/c1-16-10(13)6-9(12)7-2-4-8(5-3-7)11(14)15/h2-5,9,12H,6H2,1H3. The zero-order valence-electron chi connectivity index (χ0n) is 8.62. The second-order valence-corrected chi connectivity index (χ2v) is 3.14. The van der Waals surface area contributed by atoms with Gasteiger partial charge in [-0.05, 0) is 17.7 Å². The summed E-state index contributed by atoms with van der Waals surface area (Å²) >= 11 is 0. The van der Waals surface area contributed by atoms with E-state index in [2.05, 4.69) is 4.74 Å². The lowest BCUT2D eigenvalue weighted by molar-refractivity contribution is -0.384. The fraction of sp³-hybridized carbons (Fsp3) is 0.300. The molecule has 0 aliphatic carbocycles. The van der Waals surface area contributed by atoms with Gasteiger partial charge in [-0.25, -0.2) is 0 Å². The van der Waals surface area contributed by atoms with Crippen molar-refractivity contribution in [1.29, 1.82) is 0 Å². The average Bonchev–Trinajstić information content (AvgIpc) is 2.28. The van der Waals surface area contributed by atoms with Crippen LogP contribution in [-0.4, -0.2) is 23.1 Å². The third-order valence-corrected chi connectivity index (χ3v) is 2.08. The second-order valence-electron chi connectivity index (χ2n) is 3.14. The van der Waals surface area contributed by atoms with Gasteiger partial charge in [0.05, 0.1) is 24.6 Å². The monoisotopic (exact) mass is 225 g/mol. The van der Waals surface area contributed by atoms with Crippen molar-refractivity contribution in [2.24, 2.45) is 0 Å². The van der Waals surface area contributed by atoms with E-state index < -0.39 is 17.0 Å². The first-order valence-corrected chi connectivity index (χ1v) is 4.54. The van der Waals surface area contributed by atoms with Gasteiger partial charge in [-0.2, -0.15) is 0 Å². The Morgan fingerprint density at radius 2 is 2.06 bits per heavy atom. The van der Waals surface area contributed by atoms with Crippen molar-refractivity contribution in [2.45, 2.75) is 12.5 Å². The largest absolute Gasteiger partial charge is 0.469 e. The molecule has 0 aromatic heterocycles. The highest BCUT2D eigenvalue weighted by atomic mass is 16.6. The highest BCUT2D eigenvalue weighted by molar-refractivity contribution is 5.70. The molecule has 0 aliphatic heterocycles. The highest BCUT2D eigenvalue weighted by Crippen LogP contribution is 2.20. The van der Waals surface area contributed by atoms with Crippen molar-refractivity contribution in [1.82, 2.24) is 0 Å². The van der Waals surface area contributed by atoms with E-state index in [-0.39, 0.29) is 12.1 Å². The maximum atomic E-state index is 10.9. The van der Waals surface area contributed by atoms with Gasteiger partial charge in [0.25, 0.3) is 5.69 Å². The number of aliphatic hydroxyl groups is 1. The first-order chi connectivity index (χ1) is 7.54. The normalized spacial score (nSPS) is 11.9. The Morgan fingerprint density at radius 1 is 1.50 bits per heavy atom. The van der Waals surface area contributed by atoms with E-state index in [4.69, 9.17) is 0 Å². The summed E-state index contributed by atoms with van der Waals surface area (Å²) in [5.74, 6) is -0.536. The molecular formula is C10H11NO5. The molecule has 0 fully saturated rings. The van der Waals surface area contributed by atoms with Gasteiger partial charge in [0.1, 0.15) is 0 Å². The van der Waals surface area contributed by atoms with Gasteiger partial charge in [-0.1, -0.05) is 0 Å². The smallest absolute Gasteiger partial charge is 0.308 e. The molecule has 0 bridgehead atoms. The number of carbonyl (C=O) groups excluding carboxylic acids is 1. The molecule has 6 heteroatoms. The van der Waals surface area contributed by atoms with Crippen LogP contribution in [0.4, 0.5) is 5.69 Å². The number of non-ortho nitro benzene ring substituents is 1. The number of esters is 1. The molecule has 16 heavy (non-hydrogen) atoms. The number of nitro groups is 1. The number of hydrogen-bond donors (Lipinski definition) is 1. The zero-order valence-corrected chi connectivity index (χ0v) is 8.62. The molecule has 0 radical (unpaired) electrons. The molecule has 6 nitrogen and oxygen atoms in total. The van der Waals surface area contributed by atoms with Crippen LogP contribution >= 0.6 is 0 Å². The van der Waals surface area contributed by atoms with Crippen LogP contribution in [0, 0.1) is 10.1 Å². The second kappa shape index (κ2) is 5.22. The van der Waals surface area contributed by atoms with Crippen LogP contribution in [0.5, 0.6) is 0 Å². The number of benzene rings is 1. The molecule has 1 rings (SSSR count). The van der Waals surface area contributed by atoms with E-state index >= 15 is 0 Å². The van der Waals surface area contributed by atoms with Gasteiger partial charge in [-0.15, -0.1) is 0 Å². The molecule has 0 heterocycles. The van der Waals surface area contributed by atoms with E-state index in [0.717, 1.165) is 0 Å². The summed E-state index contributed by atoms with van der Waals surface area (Å²) in [6.07, 6.45) is -1.18. The Morgan fingerprint density at radius 3 is 2.50 bits per heavy atom. The maximum absolute atomic E-state index is 10.9. The molecule has 0 amide bonds. The quantitative estimate of drug-likeness (QED) is 0.472. The number of aliphatic hydroxyl groups excluding tert-OH is 1. The number of hydrogen-bond acceptors (Lipinski definition) is 5. The Kier molecular flexibility index (Phi) is 3.96. The lowest BCUT2D eigenvalue weighted by Crippen LogP contribution is -2.07. The van der Waals surface area contributed by atoms with Crippen LogP contribution in [0.3, 0.4) is 0 Å². The van der Waals surface area contributed by atoms with E-state index in [1.165, 1.54) is 31.4 Å². The number of nitrogens with zero attached hydrogens (tertiary/aromatic N) is 1. The molecule has 0 spiro atoms. The minimum atomic E-state index is -1.01. The van der Waals surface area contributed by atoms with Crippen molar-refractivity contribution in [3.05, 3.63) is 39.9 Å². The summed E-state index contributed by atoms with van der Waals surface area (Å²) in [6.45, 7) is 0. The van der Waals surface area contributed by atoms with Crippen molar-refractivity contribution in [3.63, 3.8) is 0 Å². The number of rotatable bonds is 4. The Balaban J connectivity index is 2.73. The first-order valence-electron chi connectivity index (χ1n) is 4.54. The molecular weight excluding hydrogens is 214 g/mol. The number of nitro benzene ring substituents is 1. The van der Waals surface area contributed by atoms with Gasteiger partial charge in [-0.3, -0.25) is 14.9 Å². The first kappa shape index (κ1) is 12.1. The van der Waals surface area contributed by atoms with E-state index in [9.17, 15) is 20.0 Å². The number of carbonyl (C=O) groups is 1.